The van der Waals surface area contributed by atoms with Crippen molar-refractivity contribution in [1.29, 1.82) is 0 Å². The van der Waals surface area contributed by atoms with E-state index in [1.807, 2.05) is 61.5 Å². The van der Waals surface area contributed by atoms with E-state index in [-0.39, 0.29) is 5.91 Å². The van der Waals surface area contributed by atoms with Crippen molar-refractivity contribution in [2.24, 2.45) is 0 Å². The number of hydrogen-bond donors (Lipinski definition) is 1. The summed E-state index contributed by atoms with van der Waals surface area (Å²) in [5.74, 6) is 0.839. The quantitative estimate of drug-likeness (QED) is 0.879. The molecule has 0 bridgehead atoms. The molecular weight excluding hydrogens is 290 g/mol. The van der Waals surface area contributed by atoms with E-state index in [1.165, 1.54) is 0 Å². The number of nitrogens with one attached hydrogen (secondary N) is 1. The van der Waals surface area contributed by atoms with Gasteiger partial charge in [0.05, 0.1) is 29.7 Å². The van der Waals surface area contributed by atoms with Gasteiger partial charge in [-0.3, -0.25) is 4.79 Å². The molecule has 120 valence electrons. The van der Waals surface area contributed by atoms with Gasteiger partial charge in [-0.2, -0.15) is 0 Å². The van der Waals surface area contributed by atoms with Crippen LogP contribution in [0.1, 0.15) is 10.4 Å². The summed E-state index contributed by atoms with van der Waals surface area (Å²) in [6.07, 6.45) is 0. The molecular formula is C18H21N3O2. The molecule has 1 aliphatic rings. The fraction of sp³-hybridized carbons (Fsp3) is 0.278. The van der Waals surface area contributed by atoms with Crippen molar-refractivity contribution < 1.29 is 9.53 Å². The lowest BCUT2D eigenvalue weighted by Gasteiger charge is -2.29. The number of fused-ring (bicyclic) bond motifs is 2. The molecule has 1 aliphatic heterocycles. The predicted octanol–water partition coefficient (Wildman–Crippen LogP) is 2.96. The highest BCUT2D eigenvalue weighted by molar-refractivity contribution is 6.01. The second kappa shape index (κ2) is 6.20. The van der Waals surface area contributed by atoms with E-state index in [0.29, 0.717) is 18.7 Å². The van der Waals surface area contributed by atoms with Crippen molar-refractivity contribution >= 4 is 23.0 Å². The van der Waals surface area contributed by atoms with Gasteiger partial charge in [0.15, 0.2) is 0 Å². The van der Waals surface area contributed by atoms with Crippen molar-refractivity contribution in [3.05, 3.63) is 48.0 Å². The summed E-state index contributed by atoms with van der Waals surface area (Å²) in [7, 11) is 5.46. The smallest absolute Gasteiger partial charge is 0.255 e. The van der Waals surface area contributed by atoms with Gasteiger partial charge >= 0.3 is 0 Å². The van der Waals surface area contributed by atoms with Crippen LogP contribution in [0, 0.1) is 0 Å². The second-order valence-electron chi connectivity index (χ2n) is 5.61. The number of hydrogen-bond acceptors (Lipinski definition) is 4. The Morgan fingerprint density at radius 2 is 1.87 bits per heavy atom. The molecule has 0 radical (unpaired) electrons. The number of methoxy groups -OCH3 is 1. The number of rotatable bonds is 1. The van der Waals surface area contributed by atoms with Gasteiger partial charge in [-0.05, 0) is 24.3 Å². The van der Waals surface area contributed by atoms with Gasteiger partial charge in [-0.1, -0.05) is 12.1 Å². The summed E-state index contributed by atoms with van der Waals surface area (Å²) in [5.41, 5.74) is 3.60. The molecule has 5 nitrogen and oxygen atoms in total. The lowest BCUT2D eigenvalue weighted by molar-refractivity contribution is 0.0801. The van der Waals surface area contributed by atoms with Crippen LogP contribution < -0.4 is 15.0 Å². The summed E-state index contributed by atoms with van der Waals surface area (Å²) in [6.45, 7) is 1.31. The number of benzene rings is 2. The number of nitrogens with zero attached hydrogens (tertiary/aromatic N) is 2. The Bertz CT molecular complexity index is 730. The first-order chi connectivity index (χ1) is 11.1. The lowest BCUT2D eigenvalue weighted by Crippen LogP contribution is -2.33. The molecule has 1 N–H and O–H groups in total. The highest BCUT2D eigenvalue weighted by atomic mass is 16.5. The van der Waals surface area contributed by atoms with Crippen LogP contribution in [-0.2, 0) is 0 Å². The molecule has 0 spiro atoms. The Balaban J connectivity index is 2.15. The minimum Gasteiger partial charge on any atom is -0.497 e. The van der Waals surface area contributed by atoms with E-state index in [0.717, 1.165) is 22.8 Å². The van der Waals surface area contributed by atoms with E-state index >= 15 is 0 Å². The van der Waals surface area contributed by atoms with Gasteiger partial charge in [0.1, 0.15) is 5.75 Å². The molecule has 5 heteroatoms. The summed E-state index contributed by atoms with van der Waals surface area (Å²) in [5, 5.41) is 3.40. The first-order valence-electron chi connectivity index (χ1n) is 7.62. The Kier molecular flexibility index (Phi) is 4.10. The highest BCUT2D eigenvalue weighted by Gasteiger charge is 2.21. The van der Waals surface area contributed by atoms with Crippen LogP contribution in [0.4, 0.5) is 17.1 Å². The summed E-state index contributed by atoms with van der Waals surface area (Å²) in [6, 6.07) is 13.6. The molecule has 3 rings (SSSR count). The van der Waals surface area contributed by atoms with E-state index in [9.17, 15) is 4.79 Å². The molecule has 0 saturated carbocycles. The Labute approximate surface area is 136 Å². The van der Waals surface area contributed by atoms with Crippen LogP contribution in [0.3, 0.4) is 0 Å². The summed E-state index contributed by atoms with van der Waals surface area (Å²) in [4.78, 5) is 16.4. The fourth-order valence-corrected chi connectivity index (χ4v) is 2.82. The first-order valence-corrected chi connectivity index (χ1v) is 7.62. The van der Waals surface area contributed by atoms with E-state index < -0.39 is 0 Å². The topological polar surface area (TPSA) is 44.8 Å². The molecule has 0 aromatic heterocycles. The standard InChI is InChI=1S/C18H21N3O2/c1-20-11-10-19-15-12-13(23-3)8-9-17(15)21(2)16-7-5-4-6-14(16)18(20)22/h4-9,12,19H,10-11H2,1-3H3. The van der Waals surface area contributed by atoms with Gasteiger partial charge in [0, 0.05) is 33.3 Å². The van der Waals surface area contributed by atoms with Gasteiger partial charge in [-0.25, -0.2) is 0 Å². The van der Waals surface area contributed by atoms with Crippen molar-refractivity contribution in [1.82, 2.24) is 4.90 Å². The average molecular weight is 311 g/mol. The maximum Gasteiger partial charge on any atom is 0.255 e. The van der Waals surface area contributed by atoms with E-state index in [1.54, 1.807) is 12.0 Å². The predicted molar refractivity (Wildman–Crippen MR) is 92.9 cm³/mol. The monoisotopic (exact) mass is 311 g/mol. The van der Waals surface area contributed by atoms with Crippen LogP contribution >= 0.6 is 0 Å². The minimum absolute atomic E-state index is 0.0335. The maximum absolute atomic E-state index is 12.7. The molecule has 1 amide bonds. The SMILES string of the molecule is COc1ccc2c(c1)NCCN(C)C(=O)c1ccccc1N2C. The number of amides is 1. The molecule has 0 saturated heterocycles. The van der Waals surface area contributed by atoms with Crippen molar-refractivity contribution in [3.8, 4) is 5.75 Å². The minimum atomic E-state index is 0.0335. The molecule has 0 aliphatic carbocycles. The molecule has 1 heterocycles. The zero-order valence-corrected chi connectivity index (χ0v) is 13.7. The Hall–Kier alpha value is -2.69. The van der Waals surface area contributed by atoms with Gasteiger partial charge in [-0.15, -0.1) is 0 Å². The molecule has 0 unspecified atom stereocenters. The molecule has 2 aromatic rings. The zero-order valence-electron chi connectivity index (χ0n) is 13.7. The summed E-state index contributed by atoms with van der Waals surface area (Å²) < 4.78 is 5.33. The highest BCUT2D eigenvalue weighted by Crippen LogP contribution is 2.36. The lowest BCUT2D eigenvalue weighted by atomic mass is 10.1. The Morgan fingerprint density at radius 3 is 2.65 bits per heavy atom. The number of likely N-dealkylation sites (N-methyl/N-ethyl adjacent to an activating group) is 1. The average Bonchev–Trinajstić information content (AvgIpc) is 2.59. The first kappa shape index (κ1) is 15.2. The number of anilines is 3. The number of para-hydroxylation sites is 1. The second-order valence-corrected chi connectivity index (χ2v) is 5.61. The molecule has 2 aromatic carbocycles. The van der Waals surface area contributed by atoms with Crippen LogP contribution in [0.2, 0.25) is 0 Å². The number of ether oxygens (including phenoxy) is 1. The van der Waals surface area contributed by atoms with Crippen LogP contribution in [-0.4, -0.2) is 45.1 Å². The van der Waals surface area contributed by atoms with E-state index in [2.05, 4.69) is 5.32 Å². The van der Waals surface area contributed by atoms with Crippen molar-refractivity contribution in [2.45, 2.75) is 0 Å². The van der Waals surface area contributed by atoms with Gasteiger partial charge in [0.2, 0.25) is 0 Å². The largest absolute Gasteiger partial charge is 0.497 e. The Morgan fingerprint density at radius 1 is 1.09 bits per heavy atom. The van der Waals surface area contributed by atoms with Crippen molar-refractivity contribution in [2.75, 3.05) is 44.5 Å². The van der Waals surface area contributed by atoms with Crippen LogP contribution in [0.25, 0.3) is 0 Å². The third-order valence-electron chi connectivity index (χ3n) is 4.17. The number of carbonyl (C=O) groups is 1. The summed E-state index contributed by atoms with van der Waals surface area (Å²) >= 11 is 0. The fourth-order valence-electron chi connectivity index (χ4n) is 2.82. The van der Waals surface area contributed by atoms with Crippen molar-refractivity contribution in [3.63, 3.8) is 0 Å². The third-order valence-corrected chi connectivity index (χ3v) is 4.17. The van der Waals surface area contributed by atoms with Gasteiger partial charge < -0.3 is 19.9 Å². The number of carbonyl (C=O) groups excluding carboxylic acids is 1. The maximum atomic E-state index is 12.7. The molecule has 0 fully saturated rings. The zero-order chi connectivity index (χ0) is 16.4. The molecule has 0 atom stereocenters. The van der Waals surface area contributed by atoms with Crippen LogP contribution in [0.15, 0.2) is 42.5 Å². The van der Waals surface area contributed by atoms with E-state index in [4.69, 9.17) is 4.74 Å². The van der Waals surface area contributed by atoms with Crippen LogP contribution in [0.5, 0.6) is 5.75 Å². The third kappa shape index (κ3) is 2.82. The normalized spacial score (nSPS) is 14.7. The van der Waals surface area contributed by atoms with Gasteiger partial charge in [0.25, 0.3) is 5.91 Å². The molecule has 23 heavy (non-hydrogen) atoms.